The fraction of sp³-hybridized carbons (Fsp3) is 0.538. The second kappa shape index (κ2) is 6.35. The van der Waals surface area contributed by atoms with Crippen LogP contribution in [0.3, 0.4) is 0 Å². The Bertz CT molecular complexity index is 364. The van der Waals surface area contributed by atoms with Crippen molar-refractivity contribution in [3.8, 4) is 17.2 Å². The molecule has 0 unspecified atom stereocenters. The van der Waals surface area contributed by atoms with Gasteiger partial charge in [-0.3, -0.25) is 0 Å². The normalized spacial score (nSPS) is 10.5. The van der Waals surface area contributed by atoms with Gasteiger partial charge in [0.05, 0.1) is 21.3 Å². The molecule has 0 amide bonds. The van der Waals surface area contributed by atoms with Gasteiger partial charge in [0.2, 0.25) is 5.75 Å². The average molecular weight is 239 g/mol. The van der Waals surface area contributed by atoms with E-state index < -0.39 is 0 Å². The Kier molecular flexibility index (Phi) is 5.10. The second-order valence-corrected chi connectivity index (χ2v) is 4.03. The van der Waals surface area contributed by atoms with Gasteiger partial charge >= 0.3 is 0 Å². The molecule has 4 nitrogen and oxygen atoms in total. The maximum absolute atomic E-state index is 5.40. The highest BCUT2D eigenvalue weighted by Gasteiger charge is 2.15. The first-order chi connectivity index (χ1) is 8.13. The van der Waals surface area contributed by atoms with Crippen molar-refractivity contribution in [2.45, 2.75) is 26.4 Å². The van der Waals surface area contributed by atoms with E-state index in [4.69, 9.17) is 14.2 Å². The van der Waals surface area contributed by atoms with Crippen molar-refractivity contribution in [1.82, 2.24) is 5.32 Å². The lowest BCUT2D eigenvalue weighted by Gasteiger charge is -2.16. The largest absolute Gasteiger partial charge is 0.493 e. The minimum Gasteiger partial charge on any atom is -0.493 e. The summed E-state index contributed by atoms with van der Waals surface area (Å²) in [7, 11) is 4.86. The summed E-state index contributed by atoms with van der Waals surface area (Å²) in [5.74, 6) is 2.04. The number of hydrogen-bond donors (Lipinski definition) is 1. The Labute approximate surface area is 103 Å². The molecule has 0 heterocycles. The molecule has 0 aliphatic heterocycles. The molecule has 0 aliphatic rings. The van der Waals surface area contributed by atoms with Gasteiger partial charge in [-0.15, -0.1) is 0 Å². The van der Waals surface area contributed by atoms with Crippen LogP contribution in [-0.2, 0) is 6.54 Å². The van der Waals surface area contributed by atoms with Gasteiger partial charge in [0.15, 0.2) is 11.5 Å². The summed E-state index contributed by atoms with van der Waals surface area (Å²) in [4.78, 5) is 0. The summed E-state index contributed by atoms with van der Waals surface area (Å²) >= 11 is 0. The molecule has 0 aliphatic carbocycles. The Morgan fingerprint density at radius 1 is 1.00 bits per heavy atom. The topological polar surface area (TPSA) is 39.7 Å². The van der Waals surface area contributed by atoms with Crippen LogP contribution in [0.15, 0.2) is 12.1 Å². The Morgan fingerprint density at radius 2 is 1.65 bits per heavy atom. The van der Waals surface area contributed by atoms with Crippen molar-refractivity contribution in [3.63, 3.8) is 0 Å². The maximum Gasteiger partial charge on any atom is 0.203 e. The lowest BCUT2D eigenvalue weighted by molar-refractivity contribution is 0.321. The molecule has 1 N–H and O–H groups in total. The van der Waals surface area contributed by atoms with Gasteiger partial charge in [-0.2, -0.15) is 0 Å². The highest BCUT2D eigenvalue weighted by molar-refractivity contribution is 5.55. The quantitative estimate of drug-likeness (QED) is 0.826. The Hall–Kier alpha value is -1.42. The van der Waals surface area contributed by atoms with Crippen LogP contribution >= 0.6 is 0 Å². The third kappa shape index (κ3) is 3.27. The Balaban J connectivity index is 3.05. The van der Waals surface area contributed by atoms with E-state index in [9.17, 15) is 0 Å². The molecule has 96 valence electrons. The third-order valence-electron chi connectivity index (χ3n) is 2.49. The van der Waals surface area contributed by atoms with E-state index >= 15 is 0 Å². The zero-order valence-electron chi connectivity index (χ0n) is 11.2. The molecule has 17 heavy (non-hydrogen) atoms. The van der Waals surface area contributed by atoms with Crippen LogP contribution in [0.2, 0.25) is 0 Å². The smallest absolute Gasteiger partial charge is 0.203 e. The summed E-state index contributed by atoms with van der Waals surface area (Å²) in [5, 5.41) is 3.35. The second-order valence-electron chi connectivity index (χ2n) is 4.03. The SMILES string of the molecule is COc1ccc(CNC(C)C)c(OC)c1OC. The standard InChI is InChI=1S/C13H21NO3/c1-9(2)14-8-10-6-7-11(15-3)13(17-5)12(10)16-4/h6-7,9,14H,8H2,1-5H3. The van der Waals surface area contributed by atoms with E-state index in [1.165, 1.54) is 0 Å². The molecule has 1 rings (SSSR count). The van der Waals surface area contributed by atoms with Gasteiger partial charge < -0.3 is 19.5 Å². The Morgan fingerprint density at radius 3 is 2.12 bits per heavy atom. The van der Waals surface area contributed by atoms with E-state index in [-0.39, 0.29) is 0 Å². The zero-order valence-corrected chi connectivity index (χ0v) is 11.2. The molecule has 0 spiro atoms. The number of ether oxygens (including phenoxy) is 3. The fourth-order valence-electron chi connectivity index (χ4n) is 1.62. The summed E-state index contributed by atoms with van der Waals surface area (Å²) in [6.45, 7) is 4.95. The highest BCUT2D eigenvalue weighted by Crippen LogP contribution is 2.39. The van der Waals surface area contributed by atoms with E-state index in [2.05, 4.69) is 19.2 Å². The van der Waals surface area contributed by atoms with Gasteiger partial charge in [-0.25, -0.2) is 0 Å². The van der Waals surface area contributed by atoms with Crippen LogP contribution in [0.4, 0.5) is 0 Å². The summed E-state index contributed by atoms with van der Waals surface area (Å²) in [6, 6.07) is 4.29. The molecular formula is C13H21NO3. The van der Waals surface area contributed by atoms with E-state index in [1.54, 1.807) is 21.3 Å². The molecule has 0 saturated carbocycles. The van der Waals surface area contributed by atoms with Crippen molar-refractivity contribution < 1.29 is 14.2 Å². The molecule has 0 aromatic heterocycles. The van der Waals surface area contributed by atoms with Crippen LogP contribution in [0.1, 0.15) is 19.4 Å². The summed E-state index contributed by atoms with van der Waals surface area (Å²) in [6.07, 6.45) is 0. The lowest BCUT2D eigenvalue weighted by Crippen LogP contribution is -2.22. The van der Waals surface area contributed by atoms with Crippen LogP contribution in [-0.4, -0.2) is 27.4 Å². The van der Waals surface area contributed by atoms with Crippen LogP contribution in [0.5, 0.6) is 17.2 Å². The number of hydrogen-bond acceptors (Lipinski definition) is 4. The fourth-order valence-corrected chi connectivity index (χ4v) is 1.62. The molecule has 4 heteroatoms. The van der Waals surface area contributed by atoms with Gasteiger partial charge in [-0.05, 0) is 6.07 Å². The van der Waals surface area contributed by atoms with Gasteiger partial charge in [-0.1, -0.05) is 19.9 Å². The van der Waals surface area contributed by atoms with Crippen molar-refractivity contribution >= 4 is 0 Å². The first-order valence-electron chi connectivity index (χ1n) is 5.65. The van der Waals surface area contributed by atoms with Gasteiger partial charge in [0.25, 0.3) is 0 Å². The van der Waals surface area contributed by atoms with Crippen molar-refractivity contribution in [1.29, 1.82) is 0 Å². The van der Waals surface area contributed by atoms with E-state index in [1.807, 2.05) is 12.1 Å². The molecule has 1 aromatic carbocycles. The maximum atomic E-state index is 5.40. The predicted octanol–water partition coefficient (Wildman–Crippen LogP) is 2.21. The minimum atomic E-state index is 0.424. The monoisotopic (exact) mass is 239 g/mol. The number of methoxy groups -OCH3 is 3. The van der Waals surface area contributed by atoms with Crippen LogP contribution < -0.4 is 19.5 Å². The van der Waals surface area contributed by atoms with Crippen molar-refractivity contribution in [2.24, 2.45) is 0 Å². The highest BCUT2D eigenvalue weighted by atomic mass is 16.5. The minimum absolute atomic E-state index is 0.424. The molecule has 1 aromatic rings. The van der Waals surface area contributed by atoms with E-state index in [0.29, 0.717) is 17.5 Å². The van der Waals surface area contributed by atoms with Crippen LogP contribution in [0.25, 0.3) is 0 Å². The van der Waals surface area contributed by atoms with Gasteiger partial charge in [0.1, 0.15) is 0 Å². The zero-order chi connectivity index (χ0) is 12.8. The van der Waals surface area contributed by atoms with E-state index in [0.717, 1.165) is 17.9 Å². The van der Waals surface area contributed by atoms with Crippen molar-refractivity contribution in [2.75, 3.05) is 21.3 Å². The molecule has 0 saturated heterocycles. The average Bonchev–Trinajstić information content (AvgIpc) is 2.34. The predicted molar refractivity (Wildman–Crippen MR) is 68.1 cm³/mol. The third-order valence-corrected chi connectivity index (χ3v) is 2.49. The number of rotatable bonds is 6. The first-order valence-corrected chi connectivity index (χ1v) is 5.65. The van der Waals surface area contributed by atoms with Crippen molar-refractivity contribution in [3.05, 3.63) is 17.7 Å². The van der Waals surface area contributed by atoms with Crippen LogP contribution in [0, 0.1) is 0 Å². The molecular weight excluding hydrogens is 218 g/mol. The molecule has 0 fully saturated rings. The summed E-state index contributed by atoms with van der Waals surface area (Å²) in [5.41, 5.74) is 1.05. The first kappa shape index (κ1) is 13.6. The number of nitrogens with one attached hydrogen (secondary N) is 1. The number of benzene rings is 1. The lowest BCUT2D eigenvalue weighted by atomic mass is 10.1. The molecule has 0 atom stereocenters. The molecule has 0 bridgehead atoms. The molecule has 0 radical (unpaired) electrons. The van der Waals surface area contributed by atoms with Gasteiger partial charge in [0, 0.05) is 18.2 Å². The summed E-state index contributed by atoms with van der Waals surface area (Å²) < 4.78 is 16.0.